The minimum Gasteiger partial charge on any atom is -0.310 e. The van der Waals surface area contributed by atoms with E-state index >= 15 is 0 Å². The Hall–Kier alpha value is -5.03. The average Bonchev–Trinajstić information content (AvgIpc) is 3.63. The first-order valence-corrected chi connectivity index (χ1v) is 16.0. The van der Waals surface area contributed by atoms with Gasteiger partial charge >= 0.3 is 0 Å². The number of rotatable bonds is 4. The summed E-state index contributed by atoms with van der Waals surface area (Å²) >= 11 is 3.71. The quantitative estimate of drug-likeness (QED) is 0.205. The van der Waals surface area contributed by atoms with E-state index in [0.717, 1.165) is 17.1 Å². The van der Waals surface area contributed by atoms with Crippen LogP contribution < -0.4 is 4.90 Å². The Bertz CT molecular complexity index is 2450. The summed E-state index contributed by atoms with van der Waals surface area (Å²) in [7, 11) is 0. The second-order valence-electron chi connectivity index (χ2n) is 10.8. The minimum atomic E-state index is 1.13. The van der Waals surface area contributed by atoms with E-state index < -0.39 is 0 Å². The Morgan fingerprint density at radius 3 is 1.88 bits per heavy atom. The number of pyridine rings is 1. The third kappa shape index (κ3) is 4.03. The van der Waals surface area contributed by atoms with Crippen LogP contribution in [0.1, 0.15) is 0 Å². The molecule has 0 amide bonds. The van der Waals surface area contributed by atoms with Crippen molar-refractivity contribution >= 4 is 90.9 Å². The van der Waals surface area contributed by atoms with Gasteiger partial charge in [-0.1, -0.05) is 84.9 Å². The van der Waals surface area contributed by atoms with Crippen LogP contribution in [0.2, 0.25) is 0 Å². The molecule has 0 aliphatic carbocycles. The van der Waals surface area contributed by atoms with E-state index in [-0.39, 0.29) is 0 Å². The highest BCUT2D eigenvalue weighted by atomic mass is 32.1. The smallest absolute Gasteiger partial charge is 0.0476 e. The fourth-order valence-corrected chi connectivity index (χ4v) is 8.65. The molecule has 9 rings (SSSR count). The summed E-state index contributed by atoms with van der Waals surface area (Å²) in [4.78, 5) is 6.82. The summed E-state index contributed by atoms with van der Waals surface area (Å²) in [5.74, 6) is 0. The number of fused-ring (bicyclic) bond motifs is 8. The molecule has 2 nitrogen and oxygen atoms in total. The fourth-order valence-electron chi connectivity index (χ4n) is 6.26. The fraction of sp³-hybridized carbons (Fsp3) is 0. The second kappa shape index (κ2) is 9.77. The van der Waals surface area contributed by atoms with E-state index in [9.17, 15) is 0 Å². The molecule has 0 saturated carbocycles. The van der Waals surface area contributed by atoms with Crippen molar-refractivity contribution in [2.24, 2.45) is 0 Å². The minimum absolute atomic E-state index is 1.13. The van der Waals surface area contributed by atoms with Crippen molar-refractivity contribution in [3.63, 3.8) is 0 Å². The number of anilines is 3. The molecule has 4 heteroatoms. The van der Waals surface area contributed by atoms with Crippen molar-refractivity contribution in [3.8, 4) is 11.1 Å². The Kier molecular flexibility index (Phi) is 5.58. The van der Waals surface area contributed by atoms with Gasteiger partial charge < -0.3 is 4.90 Å². The van der Waals surface area contributed by atoms with Crippen LogP contribution in [0.3, 0.4) is 0 Å². The first-order valence-electron chi connectivity index (χ1n) is 14.4. The molecule has 0 N–H and O–H groups in total. The molecule has 0 unspecified atom stereocenters. The van der Waals surface area contributed by atoms with Crippen molar-refractivity contribution < 1.29 is 0 Å². The number of hydrogen-bond acceptors (Lipinski definition) is 4. The largest absolute Gasteiger partial charge is 0.310 e. The van der Waals surface area contributed by atoms with Crippen molar-refractivity contribution in [2.45, 2.75) is 0 Å². The monoisotopic (exact) mass is 584 g/mol. The van der Waals surface area contributed by atoms with E-state index in [4.69, 9.17) is 0 Å². The normalized spacial score (nSPS) is 11.7. The molecule has 0 radical (unpaired) electrons. The summed E-state index contributed by atoms with van der Waals surface area (Å²) in [6.45, 7) is 0. The molecule has 3 heterocycles. The molecule has 3 aromatic heterocycles. The summed E-state index contributed by atoms with van der Waals surface area (Å²) in [6.07, 6.45) is 3.86. The Labute approximate surface area is 256 Å². The number of hydrogen-bond donors (Lipinski definition) is 0. The van der Waals surface area contributed by atoms with Crippen LogP contribution in [0.5, 0.6) is 0 Å². The van der Waals surface area contributed by atoms with Gasteiger partial charge in [0.15, 0.2) is 0 Å². The van der Waals surface area contributed by atoms with Gasteiger partial charge in [0.1, 0.15) is 0 Å². The number of aromatic nitrogens is 1. The lowest BCUT2D eigenvalue weighted by Crippen LogP contribution is -2.09. The third-order valence-corrected chi connectivity index (χ3v) is 10.7. The zero-order chi connectivity index (χ0) is 28.3. The van der Waals surface area contributed by atoms with Gasteiger partial charge in [-0.05, 0) is 65.0 Å². The van der Waals surface area contributed by atoms with Gasteiger partial charge in [-0.25, -0.2) is 0 Å². The molecule has 0 bridgehead atoms. The van der Waals surface area contributed by atoms with E-state index in [1.807, 2.05) is 35.1 Å². The molecule has 0 aliphatic heterocycles. The molecule has 43 heavy (non-hydrogen) atoms. The van der Waals surface area contributed by atoms with Gasteiger partial charge in [-0.15, -0.1) is 22.7 Å². The maximum Gasteiger partial charge on any atom is 0.0476 e. The number of benzene rings is 6. The van der Waals surface area contributed by atoms with Gasteiger partial charge in [0.2, 0.25) is 0 Å². The van der Waals surface area contributed by atoms with E-state index in [1.165, 1.54) is 62.2 Å². The van der Waals surface area contributed by atoms with Crippen molar-refractivity contribution in [1.29, 1.82) is 0 Å². The lowest BCUT2D eigenvalue weighted by molar-refractivity contribution is 1.30. The second-order valence-corrected chi connectivity index (χ2v) is 13.0. The van der Waals surface area contributed by atoms with Crippen LogP contribution in [0.15, 0.2) is 146 Å². The predicted octanol–water partition coefficient (Wildman–Crippen LogP) is 12.1. The SMILES string of the molecule is c1ccc(-c2ccc(N(c3ccc4c(c3)sc3ccccc34)c3ccc4c(c3)sc3c5cnccc5ccc43)cc2)cc1. The predicted molar refractivity (Wildman–Crippen MR) is 188 cm³/mol. The molecule has 0 spiro atoms. The van der Waals surface area contributed by atoms with Crippen LogP contribution >= 0.6 is 22.7 Å². The Morgan fingerprint density at radius 2 is 1.07 bits per heavy atom. The van der Waals surface area contributed by atoms with Crippen LogP contribution in [0, 0.1) is 0 Å². The van der Waals surface area contributed by atoms with Crippen LogP contribution in [0.25, 0.3) is 62.2 Å². The van der Waals surface area contributed by atoms with Crippen LogP contribution in [0.4, 0.5) is 17.1 Å². The lowest BCUT2D eigenvalue weighted by atomic mass is 10.0. The lowest BCUT2D eigenvalue weighted by Gasteiger charge is -2.26. The van der Waals surface area contributed by atoms with Gasteiger partial charge in [0.05, 0.1) is 0 Å². The molecule has 0 fully saturated rings. The Balaban J connectivity index is 1.23. The highest BCUT2D eigenvalue weighted by molar-refractivity contribution is 7.26. The summed E-state index contributed by atoms with van der Waals surface area (Å²) < 4.78 is 5.19. The standard InChI is InChI=1S/C39H24N2S2/c1-2-6-25(7-3-1)26-10-13-28(14-11-26)41(29-15-18-32-31-8-4-5-9-36(31)42-37(32)22-29)30-16-19-33-34-17-12-27-20-21-40-24-35(27)39(34)43-38(33)23-30/h1-24H. The number of thiophene rings is 2. The van der Waals surface area contributed by atoms with E-state index in [0.29, 0.717) is 0 Å². The number of nitrogens with zero attached hydrogens (tertiary/aromatic N) is 2. The van der Waals surface area contributed by atoms with Crippen molar-refractivity contribution in [1.82, 2.24) is 4.98 Å². The van der Waals surface area contributed by atoms with E-state index in [1.54, 1.807) is 0 Å². The average molecular weight is 585 g/mol. The van der Waals surface area contributed by atoms with Gasteiger partial charge in [0.25, 0.3) is 0 Å². The van der Waals surface area contributed by atoms with Crippen molar-refractivity contribution in [2.75, 3.05) is 4.90 Å². The van der Waals surface area contributed by atoms with Gasteiger partial charge in [-0.3, -0.25) is 4.98 Å². The zero-order valence-electron chi connectivity index (χ0n) is 23.1. The van der Waals surface area contributed by atoms with E-state index in [2.05, 4.69) is 143 Å². The molecular weight excluding hydrogens is 561 g/mol. The van der Waals surface area contributed by atoms with Gasteiger partial charge in [-0.2, -0.15) is 0 Å². The summed E-state index contributed by atoms with van der Waals surface area (Å²) in [5.41, 5.74) is 5.87. The molecule has 0 atom stereocenters. The topological polar surface area (TPSA) is 16.1 Å². The first kappa shape index (κ1) is 24.6. The van der Waals surface area contributed by atoms with Crippen LogP contribution in [-0.4, -0.2) is 4.98 Å². The maximum atomic E-state index is 4.43. The highest BCUT2D eigenvalue weighted by Gasteiger charge is 2.17. The highest BCUT2D eigenvalue weighted by Crippen LogP contribution is 2.44. The molecule has 9 aromatic rings. The van der Waals surface area contributed by atoms with Crippen molar-refractivity contribution in [3.05, 3.63) is 146 Å². The molecule has 0 saturated heterocycles. The Morgan fingerprint density at radius 1 is 0.442 bits per heavy atom. The van der Waals surface area contributed by atoms with Gasteiger partial charge in [0, 0.05) is 75.2 Å². The maximum absolute atomic E-state index is 4.43. The summed E-state index contributed by atoms with van der Waals surface area (Å²) in [6, 6.07) is 48.6. The molecule has 6 aromatic carbocycles. The molecular formula is C39H24N2S2. The van der Waals surface area contributed by atoms with Crippen LogP contribution in [-0.2, 0) is 0 Å². The molecule has 0 aliphatic rings. The molecule has 202 valence electrons. The zero-order valence-corrected chi connectivity index (χ0v) is 24.7. The first-order chi connectivity index (χ1) is 21.3. The third-order valence-electron chi connectivity index (χ3n) is 8.35. The summed E-state index contributed by atoms with van der Waals surface area (Å²) in [5, 5.41) is 7.65.